The number of likely N-dealkylation sites (tertiary alicyclic amines) is 1. The number of aryl methyl sites for hydroxylation is 2. The molecule has 0 spiro atoms. The van der Waals surface area contributed by atoms with Crippen molar-refractivity contribution in [1.29, 1.82) is 0 Å². The van der Waals surface area contributed by atoms with Crippen LogP contribution in [0.4, 0.5) is 19.0 Å². The number of phenolic OH excluding ortho intramolecular Hbond substituents is 1. The maximum atomic E-state index is 15.3. The van der Waals surface area contributed by atoms with Crippen LogP contribution in [0.2, 0.25) is 10.0 Å². The predicted octanol–water partition coefficient (Wildman–Crippen LogP) is 6.58. The van der Waals surface area contributed by atoms with Gasteiger partial charge < -0.3 is 10.2 Å². The van der Waals surface area contributed by atoms with Crippen molar-refractivity contribution in [1.82, 2.24) is 14.9 Å². The van der Waals surface area contributed by atoms with Crippen molar-refractivity contribution in [2.45, 2.75) is 57.0 Å². The highest BCUT2D eigenvalue weighted by atomic mass is 35.5. The largest absolute Gasteiger partial charge is 0.507 e. The number of aromatic hydroxyl groups is 1. The van der Waals surface area contributed by atoms with Gasteiger partial charge in [-0.25, -0.2) is 4.98 Å². The molecule has 1 aromatic heterocycles. The number of halogens is 5. The van der Waals surface area contributed by atoms with Crippen LogP contribution >= 0.6 is 23.2 Å². The van der Waals surface area contributed by atoms with Crippen molar-refractivity contribution in [3.63, 3.8) is 0 Å². The Morgan fingerprint density at radius 3 is 2.28 bits per heavy atom. The molecule has 3 fully saturated rings. The van der Waals surface area contributed by atoms with Crippen molar-refractivity contribution >= 4 is 58.6 Å². The third-order valence-corrected chi connectivity index (χ3v) is 11.8. The van der Waals surface area contributed by atoms with Gasteiger partial charge in [0.2, 0.25) is 11.8 Å². The molecule has 3 aromatic rings. The normalized spacial score (nSPS) is 26.4. The van der Waals surface area contributed by atoms with Crippen LogP contribution in [0.5, 0.6) is 5.75 Å². The fourth-order valence-electron chi connectivity index (χ4n) is 8.99. The Hall–Kier alpha value is -4.95. The van der Waals surface area contributed by atoms with Gasteiger partial charge in [-0.05, 0) is 79.5 Å². The van der Waals surface area contributed by atoms with Crippen LogP contribution in [0.1, 0.15) is 59.4 Å². The first-order valence-electron chi connectivity index (χ1n) is 17.2. The molecule has 282 valence electrons. The number of hydrazine groups is 1. The lowest BCUT2D eigenvalue weighted by atomic mass is 9.49. The van der Waals surface area contributed by atoms with Crippen molar-refractivity contribution < 1.29 is 47.4 Å². The number of carbonyl (C=O) groups excluding carboxylic acids is 4. The second-order valence-corrected chi connectivity index (χ2v) is 15.1. The highest BCUT2D eigenvalue weighted by Gasteiger charge is 2.70. The van der Waals surface area contributed by atoms with Crippen molar-refractivity contribution in [3.8, 4) is 5.75 Å². The minimum absolute atomic E-state index is 0.0228. The molecule has 3 N–H and O–H groups in total. The molecule has 4 aliphatic rings. The summed E-state index contributed by atoms with van der Waals surface area (Å²) in [4.78, 5) is 74.0. The van der Waals surface area contributed by atoms with Gasteiger partial charge in [-0.3, -0.25) is 34.3 Å². The first-order chi connectivity index (χ1) is 25.5. The van der Waals surface area contributed by atoms with Crippen LogP contribution in [0, 0.1) is 37.5 Å². The van der Waals surface area contributed by atoms with E-state index in [2.05, 4.69) is 10.4 Å². The molecule has 54 heavy (non-hydrogen) atoms. The number of allylic oxidation sites excluding steroid dienone is 2. The van der Waals surface area contributed by atoms with Gasteiger partial charge in [0.25, 0.3) is 11.8 Å². The summed E-state index contributed by atoms with van der Waals surface area (Å²) in [5.41, 5.74) is 2.26. The van der Waals surface area contributed by atoms with Gasteiger partial charge in [-0.1, -0.05) is 59.1 Å². The van der Waals surface area contributed by atoms with E-state index in [0.717, 1.165) is 4.90 Å². The Labute approximate surface area is 316 Å². The molecule has 16 heteroatoms. The Morgan fingerprint density at radius 1 is 1.00 bits per heavy atom. The molecule has 0 bridgehead atoms. The minimum Gasteiger partial charge on any atom is -0.507 e. The molecule has 2 saturated heterocycles. The van der Waals surface area contributed by atoms with E-state index < -0.39 is 81.4 Å². The summed E-state index contributed by atoms with van der Waals surface area (Å²) in [6.07, 6.45) is -2.51. The number of carboxylic acid groups (broad SMARTS) is 1. The van der Waals surface area contributed by atoms with Gasteiger partial charge in [0, 0.05) is 30.1 Å². The van der Waals surface area contributed by atoms with Crippen molar-refractivity contribution in [3.05, 3.63) is 98.2 Å². The molecule has 1 saturated carbocycles. The molecule has 6 atom stereocenters. The van der Waals surface area contributed by atoms with Gasteiger partial charge in [-0.2, -0.15) is 18.2 Å². The maximum Gasteiger partial charge on any atom is 0.417 e. The molecule has 2 aliphatic heterocycles. The maximum absolute atomic E-state index is 15.3. The average molecular weight is 786 g/mol. The summed E-state index contributed by atoms with van der Waals surface area (Å²) in [6.45, 7) is 3.28. The van der Waals surface area contributed by atoms with E-state index in [4.69, 9.17) is 28.3 Å². The number of imide groups is 2. The molecule has 4 amide bonds. The molecule has 7 rings (SSSR count). The van der Waals surface area contributed by atoms with E-state index in [1.807, 2.05) is 6.08 Å². The highest BCUT2D eigenvalue weighted by Crippen LogP contribution is 2.64. The van der Waals surface area contributed by atoms with E-state index in [0.29, 0.717) is 50.1 Å². The molecule has 3 heterocycles. The lowest BCUT2D eigenvalue weighted by Gasteiger charge is -2.50. The zero-order valence-electron chi connectivity index (χ0n) is 28.8. The summed E-state index contributed by atoms with van der Waals surface area (Å²) >= 11 is 12.5. The summed E-state index contributed by atoms with van der Waals surface area (Å²) in [7, 11) is 0. The van der Waals surface area contributed by atoms with E-state index in [9.17, 15) is 37.5 Å². The number of carboxylic acids is 1. The summed E-state index contributed by atoms with van der Waals surface area (Å²) in [6, 6.07) is 10.4. The smallest absolute Gasteiger partial charge is 0.417 e. The van der Waals surface area contributed by atoms with Gasteiger partial charge in [-0.15, -0.1) is 0 Å². The van der Waals surface area contributed by atoms with E-state index in [-0.39, 0.29) is 43.8 Å². The average Bonchev–Trinajstić information content (AvgIpc) is 3.48. The Bertz CT molecular complexity index is 2140. The molecule has 6 unspecified atom stereocenters. The number of nitrogens with zero attached hydrogens (tertiary/aromatic N) is 3. The number of anilines is 1. The number of amides is 4. The second-order valence-electron chi connectivity index (χ2n) is 14.2. The van der Waals surface area contributed by atoms with Gasteiger partial charge in [0.1, 0.15) is 5.75 Å². The van der Waals surface area contributed by atoms with Crippen molar-refractivity contribution in [2.24, 2.45) is 23.7 Å². The minimum atomic E-state index is -4.76. The Balaban J connectivity index is 1.41. The SMILES string of the molecule is Cc1cc(C2C3=CCC4C(=O)N(CCCC(=O)O)C(=O)C4C3CC3C(=O)N(Nc4ncc(C(F)(F)F)cc4Cl)C(=O)C32c2ccc(Cl)cc2)cc(C)c1O. The number of benzene rings is 2. The standard InChI is InChI=1S/C38H33Cl2F3N4O7/c1-17-12-19(13-18(2)31(17)50)30-23-9-10-24-29(35(53)46(33(24)51)11-3-4-28(48)49)25(23)15-26-34(52)47(36(54)37(26,30)20-5-7-22(39)8-6-20)45-32-27(40)14-21(16-44-32)38(41,42)43/h5-9,12-14,16,24-26,29-30,50H,3-4,10-11,15H2,1-2H3,(H,44,45)(H,48,49). The third-order valence-electron chi connectivity index (χ3n) is 11.3. The molecule has 2 aliphatic carbocycles. The monoisotopic (exact) mass is 784 g/mol. The molecule has 2 aromatic carbocycles. The quantitative estimate of drug-likeness (QED) is 0.170. The summed E-state index contributed by atoms with van der Waals surface area (Å²) in [5, 5.41) is 20.5. The number of pyridine rings is 1. The number of nitrogens with one attached hydrogen (secondary N) is 1. The number of phenols is 1. The van der Waals surface area contributed by atoms with Gasteiger partial charge >= 0.3 is 12.1 Å². The number of carbonyl (C=O) groups is 5. The van der Waals surface area contributed by atoms with E-state index >= 15 is 4.79 Å². The lowest BCUT2D eigenvalue weighted by Crippen LogP contribution is -2.53. The second kappa shape index (κ2) is 13.4. The van der Waals surface area contributed by atoms with Gasteiger partial charge in [0.15, 0.2) is 5.82 Å². The van der Waals surface area contributed by atoms with Crippen LogP contribution in [0.3, 0.4) is 0 Å². The first-order valence-corrected chi connectivity index (χ1v) is 17.9. The topological polar surface area (TPSA) is 157 Å². The molecular weight excluding hydrogens is 752 g/mol. The summed E-state index contributed by atoms with van der Waals surface area (Å²) < 4.78 is 40.3. The van der Waals surface area contributed by atoms with Crippen LogP contribution in [-0.4, -0.2) is 61.2 Å². The van der Waals surface area contributed by atoms with Crippen molar-refractivity contribution in [2.75, 3.05) is 12.0 Å². The van der Waals surface area contributed by atoms with Crippen LogP contribution in [0.15, 0.2) is 60.3 Å². The number of rotatable bonds is 8. The number of hydrogen-bond donors (Lipinski definition) is 3. The number of alkyl halides is 3. The van der Waals surface area contributed by atoms with E-state index in [1.165, 1.54) is 0 Å². The lowest BCUT2D eigenvalue weighted by molar-refractivity contribution is -0.142. The van der Waals surface area contributed by atoms with Crippen LogP contribution in [-0.2, 0) is 35.6 Å². The number of aromatic nitrogens is 1. The van der Waals surface area contributed by atoms with Gasteiger partial charge in [0.05, 0.1) is 33.8 Å². The predicted molar refractivity (Wildman–Crippen MR) is 188 cm³/mol. The zero-order valence-corrected chi connectivity index (χ0v) is 30.3. The third kappa shape index (κ3) is 5.81. The van der Waals surface area contributed by atoms with Crippen LogP contribution in [0.25, 0.3) is 0 Å². The zero-order chi connectivity index (χ0) is 39.0. The molecule has 0 radical (unpaired) electrons. The highest BCUT2D eigenvalue weighted by molar-refractivity contribution is 6.33. The Kier molecular flexibility index (Phi) is 9.28. The van der Waals surface area contributed by atoms with Crippen LogP contribution < -0.4 is 5.43 Å². The summed E-state index contributed by atoms with van der Waals surface area (Å²) in [5.74, 6) is -8.45. The number of fused-ring (bicyclic) bond motifs is 4. The number of aliphatic carboxylic acids is 1. The number of hydrogen-bond acceptors (Lipinski definition) is 8. The molecule has 11 nitrogen and oxygen atoms in total. The van der Waals surface area contributed by atoms with E-state index in [1.54, 1.807) is 50.2 Å². The fraction of sp³-hybridized carbons (Fsp3) is 0.368. The first kappa shape index (κ1) is 37.4. The molecular formula is C38H33Cl2F3N4O7. The Morgan fingerprint density at radius 2 is 1.67 bits per heavy atom. The fourth-order valence-corrected chi connectivity index (χ4v) is 9.32.